The molecule has 0 aliphatic carbocycles. The van der Waals surface area contributed by atoms with E-state index in [1.165, 1.54) is 11.3 Å². The number of nitrogens with two attached hydrogens (primary N) is 1. The van der Waals surface area contributed by atoms with Crippen molar-refractivity contribution < 1.29 is 8.42 Å². The van der Waals surface area contributed by atoms with Crippen molar-refractivity contribution >= 4 is 43.0 Å². The molecule has 2 rings (SSSR count). The summed E-state index contributed by atoms with van der Waals surface area (Å²) in [7, 11) is -3.56. The molecule has 0 amide bonds. The summed E-state index contributed by atoms with van der Waals surface area (Å²) in [6, 6.07) is 8.72. The molecule has 2 aromatic rings. The fraction of sp³-hybridized carbons (Fsp3) is 0.167. The van der Waals surface area contributed by atoms with Gasteiger partial charge in [0, 0.05) is 15.9 Å². The largest absolute Gasteiger partial charge is 0.326 e. The van der Waals surface area contributed by atoms with Crippen LogP contribution in [0.4, 0.5) is 5.69 Å². The van der Waals surface area contributed by atoms with Gasteiger partial charge < -0.3 is 5.73 Å². The van der Waals surface area contributed by atoms with Crippen LogP contribution in [0.5, 0.6) is 0 Å². The van der Waals surface area contributed by atoms with Crippen LogP contribution in [0.15, 0.2) is 39.0 Å². The number of thiophene rings is 1. The number of halogens is 1. The lowest BCUT2D eigenvalue weighted by Gasteiger charge is -2.09. The normalized spacial score (nSPS) is 11.5. The first-order chi connectivity index (χ1) is 8.94. The van der Waals surface area contributed by atoms with Crippen molar-refractivity contribution in [2.75, 3.05) is 4.72 Å². The fourth-order valence-electron chi connectivity index (χ4n) is 1.53. The molecule has 102 valence electrons. The van der Waals surface area contributed by atoms with Crippen molar-refractivity contribution in [2.45, 2.75) is 17.7 Å². The molecule has 3 N–H and O–H groups in total. The third-order valence-corrected chi connectivity index (χ3v) is 6.56. The zero-order valence-corrected chi connectivity index (χ0v) is 13.4. The molecule has 0 atom stereocenters. The van der Waals surface area contributed by atoms with Gasteiger partial charge in [-0.15, -0.1) is 11.3 Å². The van der Waals surface area contributed by atoms with E-state index in [-0.39, 0.29) is 4.21 Å². The van der Waals surface area contributed by atoms with E-state index in [1.807, 2.05) is 13.0 Å². The van der Waals surface area contributed by atoms with Crippen molar-refractivity contribution in [3.05, 3.63) is 45.2 Å². The standard InChI is InChI=1S/C12H13BrN2O2S2/c1-8-3-2-4-10(12(8)13)15-19(16,17)11-6-5-9(7-14)18-11/h2-6,15H,7,14H2,1H3. The zero-order chi connectivity index (χ0) is 14.0. The first-order valence-corrected chi connectivity index (χ1v) is 8.60. The van der Waals surface area contributed by atoms with Gasteiger partial charge in [-0.3, -0.25) is 4.72 Å². The first-order valence-electron chi connectivity index (χ1n) is 5.51. The maximum Gasteiger partial charge on any atom is 0.271 e. The fourth-order valence-corrected chi connectivity index (χ4v) is 4.33. The molecular weight excluding hydrogens is 348 g/mol. The number of sulfonamides is 1. The molecule has 0 fully saturated rings. The molecule has 0 radical (unpaired) electrons. The lowest BCUT2D eigenvalue weighted by Crippen LogP contribution is -2.12. The summed E-state index contributed by atoms with van der Waals surface area (Å²) >= 11 is 4.56. The number of benzene rings is 1. The topological polar surface area (TPSA) is 72.2 Å². The van der Waals surface area contributed by atoms with Crippen molar-refractivity contribution in [1.29, 1.82) is 0 Å². The highest BCUT2D eigenvalue weighted by Gasteiger charge is 2.18. The number of rotatable bonds is 4. The van der Waals surface area contributed by atoms with Crippen LogP contribution < -0.4 is 10.5 Å². The van der Waals surface area contributed by atoms with Crippen LogP contribution in [0.2, 0.25) is 0 Å². The highest BCUT2D eigenvalue weighted by molar-refractivity contribution is 9.10. The van der Waals surface area contributed by atoms with Gasteiger partial charge in [0.1, 0.15) is 4.21 Å². The molecule has 0 saturated carbocycles. The van der Waals surface area contributed by atoms with Gasteiger partial charge in [0.2, 0.25) is 0 Å². The van der Waals surface area contributed by atoms with Gasteiger partial charge in [0.15, 0.2) is 0 Å². The Balaban J connectivity index is 2.33. The Morgan fingerprint density at radius 3 is 2.68 bits per heavy atom. The summed E-state index contributed by atoms with van der Waals surface area (Å²) in [4.78, 5) is 0.837. The smallest absolute Gasteiger partial charge is 0.271 e. The van der Waals surface area contributed by atoms with Crippen LogP contribution in [-0.2, 0) is 16.6 Å². The summed E-state index contributed by atoms with van der Waals surface area (Å²) in [6.45, 7) is 2.24. The van der Waals surface area contributed by atoms with Crippen molar-refractivity contribution in [2.24, 2.45) is 5.73 Å². The first kappa shape index (κ1) is 14.5. The van der Waals surface area contributed by atoms with E-state index < -0.39 is 10.0 Å². The van der Waals surface area contributed by atoms with Crippen molar-refractivity contribution in [3.63, 3.8) is 0 Å². The Labute approximate surface area is 124 Å². The minimum atomic E-state index is -3.56. The van der Waals surface area contributed by atoms with Gasteiger partial charge in [0.05, 0.1) is 5.69 Å². The van der Waals surface area contributed by atoms with Crippen LogP contribution in [0.3, 0.4) is 0 Å². The maximum atomic E-state index is 12.2. The van der Waals surface area contributed by atoms with E-state index >= 15 is 0 Å². The molecule has 0 aliphatic rings. The Morgan fingerprint density at radius 1 is 1.32 bits per heavy atom. The molecular formula is C12H13BrN2O2S2. The van der Waals surface area contributed by atoms with Crippen LogP contribution in [-0.4, -0.2) is 8.42 Å². The molecule has 7 heteroatoms. The minimum Gasteiger partial charge on any atom is -0.326 e. The number of hydrogen-bond donors (Lipinski definition) is 2. The van der Waals surface area contributed by atoms with E-state index in [9.17, 15) is 8.42 Å². The molecule has 1 aromatic heterocycles. The maximum absolute atomic E-state index is 12.2. The van der Waals surface area contributed by atoms with Gasteiger partial charge in [-0.25, -0.2) is 8.42 Å². The highest BCUT2D eigenvalue weighted by Crippen LogP contribution is 2.29. The molecule has 1 heterocycles. The summed E-state index contributed by atoms with van der Waals surface area (Å²) in [5.74, 6) is 0. The quantitative estimate of drug-likeness (QED) is 0.879. The molecule has 0 unspecified atom stereocenters. The number of nitrogens with one attached hydrogen (secondary N) is 1. The average Bonchev–Trinajstić information content (AvgIpc) is 2.84. The Hall–Kier alpha value is -0.890. The third kappa shape index (κ3) is 3.17. The van der Waals surface area contributed by atoms with E-state index in [1.54, 1.807) is 24.3 Å². The second-order valence-electron chi connectivity index (χ2n) is 3.97. The van der Waals surface area contributed by atoms with Gasteiger partial charge in [-0.05, 0) is 46.6 Å². The van der Waals surface area contributed by atoms with Gasteiger partial charge in [0.25, 0.3) is 10.0 Å². The lowest BCUT2D eigenvalue weighted by atomic mass is 10.2. The molecule has 0 spiro atoms. The second kappa shape index (κ2) is 5.62. The molecule has 0 bridgehead atoms. The summed E-state index contributed by atoms with van der Waals surface area (Å²) in [5.41, 5.74) is 6.99. The van der Waals surface area contributed by atoms with Crippen LogP contribution in [0.1, 0.15) is 10.4 Å². The monoisotopic (exact) mass is 360 g/mol. The Kier molecular flexibility index (Phi) is 4.29. The van der Waals surface area contributed by atoms with E-state index in [0.717, 1.165) is 14.9 Å². The van der Waals surface area contributed by atoms with Crippen LogP contribution in [0.25, 0.3) is 0 Å². The van der Waals surface area contributed by atoms with Crippen molar-refractivity contribution in [3.8, 4) is 0 Å². The van der Waals surface area contributed by atoms with Crippen LogP contribution in [0, 0.1) is 6.92 Å². The summed E-state index contributed by atoms with van der Waals surface area (Å²) in [5, 5.41) is 0. The number of anilines is 1. The predicted octanol–water partition coefficient (Wildman–Crippen LogP) is 3.08. The molecule has 0 saturated heterocycles. The Morgan fingerprint density at radius 2 is 2.05 bits per heavy atom. The minimum absolute atomic E-state index is 0.265. The number of aryl methyl sites for hydroxylation is 1. The lowest BCUT2D eigenvalue weighted by molar-refractivity contribution is 0.603. The summed E-state index contributed by atoms with van der Waals surface area (Å²) in [6.07, 6.45) is 0. The van der Waals surface area contributed by atoms with Gasteiger partial charge in [-0.2, -0.15) is 0 Å². The highest BCUT2D eigenvalue weighted by atomic mass is 79.9. The van der Waals surface area contributed by atoms with Gasteiger partial charge >= 0.3 is 0 Å². The van der Waals surface area contributed by atoms with E-state index in [0.29, 0.717) is 12.2 Å². The Bertz CT molecular complexity index is 696. The molecule has 19 heavy (non-hydrogen) atoms. The molecule has 1 aromatic carbocycles. The molecule has 0 aliphatic heterocycles. The van der Waals surface area contributed by atoms with E-state index in [4.69, 9.17) is 5.73 Å². The zero-order valence-electron chi connectivity index (χ0n) is 10.2. The molecule has 4 nitrogen and oxygen atoms in total. The number of hydrogen-bond acceptors (Lipinski definition) is 4. The SMILES string of the molecule is Cc1cccc(NS(=O)(=O)c2ccc(CN)s2)c1Br. The van der Waals surface area contributed by atoms with Crippen molar-refractivity contribution in [1.82, 2.24) is 0 Å². The van der Waals surface area contributed by atoms with Crippen LogP contribution >= 0.6 is 27.3 Å². The third-order valence-electron chi connectivity index (χ3n) is 2.54. The summed E-state index contributed by atoms with van der Waals surface area (Å²) < 4.78 is 28.0. The van der Waals surface area contributed by atoms with E-state index in [2.05, 4.69) is 20.7 Å². The second-order valence-corrected chi connectivity index (χ2v) is 7.84. The van der Waals surface area contributed by atoms with Gasteiger partial charge in [-0.1, -0.05) is 12.1 Å². The average molecular weight is 361 g/mol. The predicted molar refractivity (Wildman–Crippen MR) is 81.9 cm³/mol.